The van der Waals surface area contributed by atoms with Crippen molar-refractivity contribution in [2.45, 2.75) is 181 Å². The Bertz CT molecular complexity index is 1080. The molecule has 0 unspecified atom stereocenters. The van der Waals surface area contributed by atoms with E-state index in [-0.39, 0.29) is 11.6 Å². The topological polar surface area (TPSA) is 52.6 Å². The average Bonchev–Trinajstić information content (AvgIpc) is 3.10. The van der Waals surface area contributed by atoms with Gasteiger partial charge in [-0.25, -0.2) is 0 Å². The number of benzene rings is 2. The molecular formula is C44H68O4. The molecule has 0 amide bonds. The lowest BCUT2D eigenvalue weighted by Crippen LogP contribution is -2.23. The Morgan fingerprint density at radius 3 is 0.979 bits per heavy atom. The molecule has 0 atom stereocenters. The zero-order valence-corrected chi connectivity index (χ0v) is 30.9. The van der Waals surface area contributed by atoms with Gasteiger partial charge in [0.05, 0.1) is 24.3 Å². The van der Waals surface area contributed by atoms with Gasteiger partial charge in [-0.15, -0.1) is 0 Å². The molecule has 0 bridgehead atoms. The fourth-order valence-corrected chi connectivity index (χ4v) is 7.02. The van der Waals surface area contributed by atoms with Gasteiger partial charge in [-0.1, -0.05) is 192 Å². The number of unbranched alkanes of at least 4 members (excludes halogenated alkanes) is 24. The first-order valence-corrected chi connectivity index (χ1v) is 20.3. The quantitative estimate of drug-likeness (QED) is 0.0668. The van der Waals surface area contributed by atoms with Gasteiger partial charge < -0.3 is 9.47 Å². The number of rotatable bonds is 30. The summed E-state index contributed by atoms with van der Waals surface area (Å²) in [4.78, 5) is 27.4. The number of hydrogen-bond acceptors (Lipinski definition) is 4. The molecule has 0 saturated heterocycles. The number of ether oxygens (including phenoxy) is 2. The largest absolute Gasteiger partial charge is 0.493 e. The summed E-state index contributed by atoms with van der Waals surface area (Å²) in [5.41, 5.74) is 1.65. The summed E-state index contributed by atoms with van der Waals surface area (Å²) >= 11 is 0. The molecule has 4 nitrogen and oxygen atoms in total. The third-order valence-corrected chi connectivity index (χ3v) is 10.0. The number of fused-ring (bicyclic) bond motifs is 2. The van der Waals surface area contributed by atoms with Crippen LogP contribution in [0.4, 0.5) is 0 Å². The molecule has 0 heterocycles. The van der Waals surface area contributed by atoms with E-state index in [0.29, 0.717) is 47.0 Å². The molecule has 0 saturated carbocycles. The minimum atomic E-state index is -0.165. The van der Waals surface area contributed by atoms with Crippen molar-refractivity contribution in [1.29, 1.82) is 0 Å². The molecular weight excluding hydrogens is 592 g/mol. The fraction of sp³-hybridized carbons (Fsp3) is 0.682. The van der Waals surface area contributed by atoms with E-state index in [4.69, 9.17) is 9.47 Å². The average molecular weight is 661 g/mol. The van der Waals surface area contributed by atoms with Gasteiger partial charge in [0, 0.05) is 11.1 Å². The molecule has 48 heavy (non-hydrogen) atoms. The number of carbonyl (C=O) groups is 2. The van der Waals surface area contributed by atoms with Crippen LogP contribution in [0, 0.1) is 0 Å². The maximum absolute atomic E-state index is 13.9. The van der Waals surface area contributed by atoms with Crippen molar-refractivity contribution in [3.05, 3.63) is 58.7 Å². The van der Waals surface area contributed by atoms with Crippen LogP contribution in [-0.4, -0.2) is 24.8 Å². The Kier molecular flexibility index (Phi) is 21.0. The smallest absolute Gasteiger partial charge is 0.201 e. The van der Waals surface area contributed by atoms with Gasteiger partial charge in [0.2, 0.25) is 5.78 Å². The highest BCUT2D eigenvalue weighted by Crippen LogP contribution is 2.37. The minimum absolute atomic E-state index is 0.127. The van der Waals surface area contributed by atoms with Crippen molar-refractivity contribution in [1.82, 2.24) is 0 Å². The van der Waals surface area contributed by atoms with Crippen molar-refractivity contribution >= 4 is 11.6 Å². The fourth-order valence-electron chi connectivity index (χ4n) is 7.02. The van der Waals surface area contributed by atoms with Crippen LogP contribution in [0.3, 0.4) is 0 Å². The molecule has 0 N–H and O–H groups in total. The van der Waals surface area contributed by atoms with E-state index >= 15 is 0 Å². The second-order valence-corrected chi connectivity index (χ2v) is 14.2. The van der Waals surface area contributed by atoms with Crippen LogP contribution in [0.1, 0.15) is 213 Å². The summed E-state index contributed by atoms with van der Waals surface area (Å²) in [5.74, 6) is 0.738. The van der Waals surface area contributed by atoms with E-state index in [1.807, 2.05) is 24.3 Å². The van der Waals surface area contributed by atoms with E-state index in [0.717, 1.165) is 25.7 Å². The van der Waals surface area contributed by atoms with E-state index in [9.17, 15) is 9.59 Å². The van der Waals surface area contributed by atoms with Crippen molar-refractivity contribution in [3.8, 4) is 11.5 Å². The van der Waals surface area contributed by atoms with Crippen molar-refractivity contribution in [3.63, 3.8) is 0 Å². The van der Waals surface area contributed by atoms with Crippen molar-refractivity contribution in [2.75, 3.05) is 13.2 Å². The van der Waals surface area contributed by atoms with Crippen LogP contribution < -0.4 is 9.47 Å². The number of carbonyl (C=O) groups excluding carboxylic acids is 2. The Morgan fingerprint density at radius 1 is 0.375 bits per heavy atom. The number of hydrogen-bond donors (Lipinski definition) is 0. The van der Waals surface area contributed by atoms with Gasteiger partial charge in [-0.2, -0.15) is 0 Å². The first-order chi connectivity index (χ1) is 23.7. The van der Waals surface area contributed by atoms with Gasteiger partial charge in [-0.05, 0) is 25.0 Å². The van der Waals surface area contributed by atoms with E-state index in [1.54, 1.807) is 12.1 Å². The van der Waals surface area contributed by atoms with Crippen molar-refractivity contribution < 1.29 is 19.1 Å². The van der Waals surface area contributed by atoms with E-state index < -0.39 is 0 Å². The van der Waals surface area contributed by atoms with Crippen LogP contribution in [0.5, 0.6) is 11.5 Å². The molecule has 268 valence electrons. The molecule has 1 aliphatic rings. The third kappa shape index (κ3) is 14.5. The first kappa shape index (κ1) is 39.8. The maximum atomic E-state index is 13.9. The standard InChI is InChI=1S/C44H68O4/c1-3-5-7-9-11-13-15-17-19-21-23-25-27-35-47-39-33-29-31-37-41(39)44(46)42-38(43(37)45)32-30-34-40(42)48-36-28-26-24-22-20-18-16-14-12-10-8-6-4-2/h29-34H,3-28,35-36H2,1-2H3. The molecule has 0 spiro atoms. The third-order valence-electron chi connectivity index (χ3n) is 10.0. The first-order valence-electron chi connectivity index (χ1n) is 20.3. The second kappa shape index (κ2) is 25.4. The molecule has 2 aromatic rings. The Balaban J connectivity index is 1.35. The Labute approximate surface area is 294 Å². The minimum Gasteiger partial charge on any atom is -0.493 e. The molecule has 0 radical (unpaired) electrons. The lowest BCUT2D eigenvalue weighted by molar-refractivity contribution is 0.0972. The lowest BCUT2D eigenvalue weighted by atomic mass is 9.83. The summed E-state index contributed by atoms with van der Waals surface area (Å²) in [7, 11) is 0. The SMILES string of the molecule is CCCCCCCCCCCCCCCOc1cccc2c1C(=O)c1c(OCCCCCCCCCCCCCCC)cccc1C2=O. The number of ketones is 2. The van der Waals surface area contributed by atoms with Crippen LogP contribution in [0.25, 0.3) is 0 Å². The van der Waals surface area contributed by atoms with E-state index in [1.165, 1.54) is 141 Å². The molecule has 0 aliphatic heterocycles. The highest BCUT2D eigenvalue weighted by Gasteiger charge is 2.34. The molecule has 3 rings (SSSR count). The highest BCUT2D eigenvalue weighted by atomic mass is 16.5. The van der Waals surface area contributed by atoms with Crippen LogP contribution in [0.2, 0.25) is 0 Å². The molecule has 0 aromatic heterocycles. The second-order valence-electron chi connectivity index (χ2n) is 14.2. The molecule has 2 aromatic carbocycles. The zero-order valence-electron chi connectivity index (χ0n) is 30.9. The highest BCUT2D eigenvalue weighted by molar-refractivity contribution is 6.30. The lowest BCUT2D eigenvalue weighted by Gasteiger charge is -2.22. The molecule has 4 heteroatoms. The van der Waals surface area contributed by atoms with Crippen molar-refractivity contribution in [2.24, 2.45) is 0 Å². The van der Waals surface area contributed by atoms with Gasteiger partial charge >= 0.3 is 0 Å². The molecule has 0 fully saturated rings. The van der Waals surface area contributed by atoms with Crippen LogP contribution in [-0.2, 0) is 0 Å². The van der Waals surface area contributed by atoms with Gasteiger partial charge in [0.1, 0.15) is 11.5 Å². The summed E-state index contributed by atoms with van der Waals surface area (Å²) in [6, 6.07) is 10.8. The summed E-state index contributed by atoms with van der Waals surface area (Å²) < 4.78 is 12.3. The predicted molar refractivity (Wildman–Crippen MR) is 202 cm³/mol. The summed E-state index contributed by atoms with van der Waals surface area (Å²) in [6.07, 6.45) is 33.8. The van der Waals surface area contributed by atoms with Gasteiger partial charge in [0.25, 0.3) is 0 Å². The molecule has 1 aliphatic carbocycles. The van der Waals surface area contributed by atoms with E-state index in [2.05, 4.69) is 13.8 Å². The predicted octanol–water partition coefficient (Wildman–Crippen LogP) is 13.4. The normalized spacial score (nSPS) is 12.3. The van der Waals surface area contributed by atoms with Gasteiger partial charge in [0.15, 0.2) is 5.78 Å². The van der Waals surface area contributed by atoms with Crippen LogP contribution in [0.15, 0.2) is 36.4 Å². The summed E-state index contributed by atoms with van der Waals surface area (Å²) in [5, 5.41) is 0. The Hall–Kier alpha value is -2.62. The zero-order chi connectivity index (χ0) is 34.1. The summed E-state index contributed by atoms with van der Waals surface area (Å²) in [6.45, 7) is 5.66. The van der Waals surface area contributed by atoms with Gasteiger partial charge in [-0.3, -0.25) is 9.59 Å². The Morgan fingerprint density at radius 2 is 0.667 bits per heavy atom. The maximum Gasteiger partial charge on any atom is 0.201 e. The van der Waals surface area contributed by atoms with Crippen LogP contribution >= 0.6 is 0 Å². The monoisotopic (exact) mass is 661 g/mol.